The Hall–Kier alpha value is -2.64. The molecule has 1 aromatic rings. The lowest BCUT2D eigenvalue weighted by Crippen LogP contribution is -2.43. The number of nitrogens with zero attached hydrogens (tertiary/aromatic N) is 4. The van der Waals surface area contributed by atoms with E-state index in [1.165, 1.54) is 11.8 Å². The molecule has 1 unspecified atom stereocenters. The monoisotopic (exact) mass is 558 g/mol. The summed E-state index contributed by atoms with van der Waals surface area (Å²) in [4.78, 5) is 43.6. The van der Waals surface area contributed by atoms with Gasteiger partial charge >= 0.3 is 5.97 Å². The van der Waals surface area contributed by atoms with E-state index in [1.807, 2.05) is 11.8 Å². The number of ether oxygens (including phenoxy) is 1. The highest BCUT2D eigenvalue weighted by atomic mass is 32.2. The van der Waals surface area contributed by atoms with E-state index in [9.17, 15) is 19.6 Å². The number of aromatic nitrogens is 1. The van der Waals surface area contributed by atoms with Gasteiger partial charge in [0.15, 0.2) is 0 Å². The number of pyridine rings is 1. The van der Waals surface area contributed by atoms with Crippen LogP contribution in [-0.4, -0.2) is 51.9 Å². The fraction of sp³-hybridized carbons (Fsp3) is 0.607. The minimum Gasteiger partial charge on any atom is -0.466 e. The quantitative estimate of drug-likeness (QED) is 0.162. The molecule has 0 bridgehead atoms. The second kappa shape index (κ2) is 13.9. The molecule has 0 saturated carbocycles. The highest BCUT2D eigenvalue weighted by Gasteiger charge is 2.34. The van der Waals surface area contributed by atoms with Gasteiger partial charge in [-0.3, -0.25) is 23.9 Å². The second-order valence-corrected chi connectivity index (χ2v) is 11.4. The molecule has 1 atom stereocenters. The molecule has 8 nitrogen and oxygen atoms in total. The van der Waals surface area contributed by atoms with Gasteiger partial charge in [-0.05, 0) is 51.2 Å². The summed E-state index contributed by atoms with van der Waals surface area (Å²) < 4.78 is 7.46. The first kappa shape index (κ1) is 29.9. The first-order chi connectivity index (χ1) is 18.3. The number of hydrogen-bond donors (Lipinski definition) is 0. The molecule has 0 radical (unpaired) electrons. The molecule has 206 valence electrons. The fourth-order valence-electron chi connectivity index (χ4n) is 5.06. The Morgan fingerprint density at radius 2 is 1.95 bits per heavy atom. The maximum atomic E-state index is 13.4. The largest absolute Gasteiger partial charge is 0.466 e. The molecule has 3 rings (SSSR count). The van der Waals surface area contributed by atoms with E-state index in [0.717, 1.165) is 32.1 Å². The van der Waals surface area contributed by atoms with Crippen LogP contribution < -0.4 is 10.5 Å². The van der Waals surface area contributed by atoms with Gasteiger partial charge in [-0.25, -0.2) is 0 Å². The van der Waals surface area contributed by atoms with Gasteiger partial charge in [0.2, 0.25) is 0 Å². The van der Waals surface area contributed by atoms with Crippen LogP contribution in [0.25, 0.3) is 6.08 Å². The summed E-state index contributed by atoms with van der Waals surface area (Å²) >= 11 is 6.80. The van der Waals surface area contributed by atoms with Crippen LogP contribution >= 0.6 is 24.0 Å². The van der Waals surface area contributed by atoms with Crippen LogP contribution in [0.15, 0.2) is 9.70 Å². The molecule has 0 aromatic carbocycles. The first-order valence-corrected chi connectivity index (χ1v) is 14.9. The Bertz CT molecular complexity index is 1200. The number of piperidine rings is 1. The van der Waals surface area contributed by atoms with Crippen molar-refractivity contribution in [3.8, 4) is 6.07 Å². The summed E-state index contributed by atoms with van der Waals surface area (Å²) in [7, 11) is 0. The maximum absolute atomic E-state index is 13.4. The topological polar surface area (TPSA) is 95.6 Å². The van der Waals surface area contributed by atoms with E-state index in [0.29, 0.717) is 71.8 Å². The van der Waals surface area contributed by atoms with Crippen LogP contribution in [0.5, 0.6) is 0 Å². The van der Waals surface area contributed by atoms with Crippen molar-refractivity contribution in [2.24, 2.45) is 5.92 Å². The number of thiocarbonyl (C=S) groups is 1. The maximum Gasteiger partial charge on any atom is 0.310 e. The average Bonchev–Trinajstić information content (AvgIpc) is 3.17. The number of nitriles is 1. The molecule has 2 saturated heterocycles. The zero-order chi connectivity index (χ0) is 27.8. The lowest BCUT2D eigenvalue weighted by atomic mass is 9.96. The van der Waals surface area contributed by atoms with Crippen molar-refractivity contribution >= 4 is 52.1 Å². The highest BCUT2D eigenvalue weighted by molar-refractivity contribution is 8.26. The normalized spacial score (nSPS) is 18.8. The summed E-state index contributed by atoms with van der Waals surface area (Å²) in [5, 5.41) is 9.87. The van der Waals surface area contributed by atoms with E-state index in [1.54, 1.807) is 29.4 Å². The SMILES string of the molecule is CCCCCCN1C(=O)/C(=C\c2c(C)c(C#N)c(=O)n(CCC)c2N2CCCC(C(=O)OCC)C2)SC1=S. The third kappa shape index (κ3) is 6.49. The van der Waals surface area contributed by atoms with Gasteiger partial charge in [0.05, 0.1) is 17.4 Å². The zero-order valence-electron chi connectivity index (χ0n) is 22.9. The zero-order valence-corrected chi connectivity index (χ0v) is 24.5. The van der Waals surface area contributed by atoms with E-state index in [4.69, 9.17) is 17.0 Å². The Morgan fingerprint density at radius 3 is 2.61 bits per heavy atom. The number of esters is 1. The number of carbonyl (C=O) groups is 2. The number of hydrogen-bond acceptors (Lipinski definition) is 8. The lowest BCUT2D eigenvalue weighted by Gasteiger charge is -2.36. The number of unbranched alkanes of at least 4 members (excludes halogenated alkanes) is 3. The summed E-state index contributed by atoms with van der Waals surface area (Å²) in [6.45, 7) is 10.1. The number of carbonyl (C=O) groups excluding carboxylic acids is 2. The number of rotatable bonds is 11. The summed E-state index contributed by atoms with van der Waals surface area (Å²) in [5.41, 5.74) is 0.917. The van der Waals surface area contributed by atoms with Crippen LogP contribution in [0.4, 0.5) is 5.82 Å². The molecule has 2 fully saturated rings. The molecule has 10 heteroatoms. The van der Waals surface area contributed by atoms with Gasteiger partial charge in [-0.1, -0.05) is 57.1 Å². The van der Waals surface area contributed by atoms with Crippen LogP contribution in [0.1, 0.15) is 82.4 Å². The van der Waals surface area contributed by atoms with Gasteiger partial charge in [0.25, 0.3) is 11.5 Å². The first-order valence-electron chi connectivity index (χ1n) is 13.6. The predicted octanol–water partition coefficient (Wildman–Crippen LogP) is 5.00. The molecule has 2 aliphatic rings. The van der Waals surface area contributed by atoms with Crippen molar-refractivity contribution in [2.45, 2.75) is 79.2 Å². The molecule has 1 aromatic heterocycles. The number of anilines is 1. The van der Waals surface area contributed by atoms with Crippen molar-refractivity contribution < 1.29 is 14.3 Å². The van der Waals surface area contributed by atoms with Crippen LogP contribution in [0.3, 0.4) is 0 Å². The summed E-state index contributed by atoms with van der Waals surface area (Å²) in [6, 6.07) is 2.09. The highest BCUT2D eigenvalue weighted by Crippen LogP contribution is 2.37. The molecule has 0 aliphatic carbocycles. The molecule has 2 aliphatic heterocycles. The summed E-state index contributed by atoms with van der Waals surface area (Å²) in [6.07, 6.45) is 8.12. The van der Waals surface area contributed by atoms with Crippen LogP contribution in [0, 0.1) is 24.2 Å². The Labute approximate surface area is 235 Å². The lowest BCUT2D eigenvalue weighted by molar-refractivity contribution is -0.148. The van der Waals surface area contributed by atoms with E-state index in [2.05, 4.69) is 13.0 Å². The molecule has 0 N–H and O–H groups in total. The predicted molar refractivity (Wildman–Crippen MR) is 156 cm³/mol. The van der Waals surface area contributed by atoms with Gasteiger partial charge in [-0.2, -0.15) is 5.26 Å². The minimum atomic E-state index is -0.347. The smallest absolute Gasteiger partial charge is 0.310 e. The van der Waals surface area contributed by atoms with E-state index in [-0.39, 0.29) is 28.9 Å². The molecular formula is C28H38N4O4S2. The average molecular weight is 559 g/mol. The molecule has 38 heavy (non-hydrogen) atoms. The van der Waals surface area contributed by atoms with Gasteiger partial charge in [0.1, 0.15) is 21.8 Å². The molecule has 1 amide bonds. The Balaban J connectivity index is 2.10. The Morgan fingerprint density at radius 1 is 1.18 bits per heavy atom. The number of thioether (sulfide) groups is 1. The van der Waals surface area contributed by atoms with Crippen molar-refractivity contribution in [1.29, 1.82) is 5.26 Å². The minimum absolute atomic E-state index is 0.0717. The number of amides is 1. The van der Waals surface area contributed by atoms with Crippen molar-refractivity contribution in [3.63, 3.8) is 0 Å². The second-order valence-electron chi connectivity index (χ2n) is 9.74. The molecule has 0 spiro atoms. The fourth-order valence-corrected chi connectivity index (χ4v) is 6.35. The van der Waals surface area contributed by atoms with Crippen molar-refractivity contribution in [3.05, 3.63) is 31.9 Å². The van der Waals surface area contributed by atoms with Crippen molar-refractivity contribution in [1.82, 2.24) is 9.47 Å². The van der Waals surface area contributed by atoms with Gasteiger partial charge in [0, 0.05) is 31.7 Å². The van der Waals surface area contributed by atoms with Gasteiger partial charge < -0.3 is 9.64 Å². The van der Waals surface area contributed by atoms with E-state index < -0.39 is 0 Å². The van der Waals surface area contributed by atoms with Crippen molar-refractivity contribution in [2.75, 3.05) is 31.1 Å². The third-order valence-electron chi connectivity index (χ3n) is 7.02. The summed E-state index contributed by atoms with van der Waals surface area (Å²) in [5.74, 6) is -0.0383. The van der Waals surface area contributed by atoms with Crippen LogP contribution in [0.2, 0.25) is 0 Å². The molecule has 3 heterocycles. The third-order valence-corrected chi connectivity index (χ3v) is 8.40. The molecular weight excluding hydrogens is 520 g/mol. The van der Waals surface area contributed by atoms with Crippen LogP contribution in [-0.2, 0) is 20.9 Å². The Kier molecular flexibility index (Phi) is 11.0. The van der Waals surface area contributed by atoms with E-state index >= 15 is 0 Å². The standard InChI is InChI=1S/C28H38N4O4S2/c1-5-8-9-10-15-32-26(34)23(38-28(32)37)16-21-19(4)22(17-29)25(33)31(13-6-2)24(21)30-14-11-12-20(18-30)27(35)36-7-3/h16,20H,5-15,18H2,1-4H3/b23-16+. The van der Waals surface area contributed by atoms with Gasteiger partial charge in [-0.15, -0.1) is 0 Å².